The van der Waals surface area contributed by atoms with E-state index in [0.717, 1.165) is 21.3 Å². The van der Waals surface area contributed by atoms with Gasteiger partial charge in [-0.3, -0.25) is 0 Å². The first kappa shape index (κ1) is 13.1. The molecule has 0 saturated heterocycles. The summed E-state index contributed by atoms with van der Waals surface area (Å²) in [5, 5.41) is 0. The van der Waals surface area contributed by atoms with Crippen LogP contribution in [0, 0.1) is 0 Å². The summed E-state index contributed by atoms with van der Waals surface area (Å²) >= 11 is 3.48. The van der Waals surface area contributed by atoms with Crippen molar-refractivity contribution in [3.63, 3.8) is 0 Å². The summed E-state index contributed by atoms with van der Waals surface area (Å²) in [5.41, 5.74) is 8.18. The molecule has 2 aromatic carbocycles. The van der Waals surface area contributed by atoms with Crippen LogP contribution in [0.15, 0.2) is 69.1 Å². The van der Waals surface area contributed by atoms with Crippen molar-refractivity contribution in [3.05, 3.63) is 70.2 Å². The molecule has 1 unspecified atom stereocenters. The number of hydrogen-bond donors (Lipinski definition) is 1. The lowest BCUT2D eigenvalue weighted by atomic mass is 10.0. The Labute approximate surface area is 126 Å². The molecule has 1 aliphatic heterocycles. The van der Waals surface area contributed by atoms with Crippen molar-refractivity contribution in [2.45, 2.75) is 12.6 Å². The highest BCUT2D eigenvalue weighted by molar-refractivity contribution is 9.10. The minimum absolute atomic E-state index is 0.485. The first-order valence-corrected chi connectivity index (χ1v) is 7.15. The van der Waals surface area contributed by atoms with Gasteiger partial charge < -0.3 is 5.73 Å². The number of amidine groups is 1. The molecular formula is C16H14BrN3. The van der Waals surface area contributed by atoms with Crippen molar-refractivity contribution >= 4 is 27.5 Å². The van der Waals surface area contributed by atoms with Gasteiger partial charge >= 0.3 is 0 Å². The Morgan fingerprint density at radius 3 is 2.45 bits per heavy atom. The summed E-state index contributed by atoms with van der Waals surface area (Å²) in [6.07, 6.45) is 0. The number of rotatable bonds is 2. The van der Waals surface area contributed by atoms with E-state index in [1.807, 2.05) is 61.5 Å². The van der Waals surface area contributed by atoms with Crippen LogP contribution in [-0.2, 0) is 5.66 Å². The molecule has 0 aromatic heterocycles. The highest BCUT2D eigenvalue weighted by Gasteiger charge is 2.32. The molecule has 0 radical (unpaired) electrons. The Kier molecular flexibility index (Phi) is 3.18. The molecule has 0 fully saturated rings. The maximum Gasteiger partial charge on any atom is 0.176 e. The lowest BCUT2D eigenvalue weighted by Gasteiger charge is -2.17. The topological polar surface area (TPSA) is 50.7 Å². The highest BCUT2D eigenvalue weighted by Crippen LogP contribution is 2.33. The zero-order valence-corrected chi connectivity index (χ0v) is 12.6. The molecule has 1 atom stereocenters. The van der Waals surface area contributed by atoms with Crippen molar-refractivity contribution in [3.8, 4) is 0 Å². The van der Waals surface area contributed by atoms with Gasteiger partial charge in [-0.2, -0.15) is 0 Å². The van der Waals surface area contributed by atoms with E-state index in [9.17, 15) is 0 Å². The lowest BCUT2D eigenvalue weighted by molar-refractivity contribution is 0.540. The first-order valence-electron chi connectivity index (χ1n) is 6.35. The monoisotopic (exact) mass is 327 g/mol. The Balaban J connectivity index is 2.07. The van der Waals surface area contributed by atoms with Crippen LogP contribution in [0.3, 0.4) is 0 Å². The van der Waals surface area contributed by atoms with Crippen molar-refractivity contribution in [2.24, 2.45) is 15.7 Å². The largest absolute Gasteiger partial charge is 0.382 e. The van der Waals surface area contributed by atoms with E-state index in [0.29, 0.717) is 5.84 Å². The second-order valence-electron chi connectivity index (χ2n) is 4.85. The van der Waals surface area contributed by atoms with E-state index < -0.39 is 5.66 Å². The Morgan fingerprint density at radius 1 is 1.00 bits per heavy atom. The summed E-state index contributed by atoms with van der Waals surface area (Å²) in [6, 6.07) is 17.9. The van der Waals surface area contributed by atoms with Crippen molar-refractivity contribution in [2.75, 3.05) is 0 Å². The van der Waals surface area contributed by atoms with Gasteiger partial charge in [0.2, 0.25) is 0 Å². The summed E-state index contributed by atoms with van der Waals surface area (Å²) in [4.78, 5) is 9.31. The number of nitrogens with two attached hydrogens (primary N) is 1. The number of aliphatic imine (C=N–C) groups is 2. The molecule has 0 amide bonds. The Morgan fingerprint density at radius 2 is 1.75 bits per heavy atom. The number of benzene rings is 2. The van der Waals surface area contributed by atoms with Gasteiger partial charge in [-0.25, -0.2) is 9.98 Å². The SMILES string of the molecule is CC1(c2cccc(Br)c2)N=C(N)C(c2ccccc2)=N1. The molecular weight excluding hydrogens is 314 g/mol. The van der Waals surface area contributed by atoms with Gasteiger partial charge in [0.05, 0.1) is 0 Å². The van der Waals surface area contributed by atoms with Gasteiger partial charge in [0, 0.05) is 15.6 Å². The first-order chi connectivity index (χ1) is 9.58. The third-order valence-electron chi connectivity index (χ3n) is 3.33. The van der Waals surface area contributed by atoms with E-state index in [-0.39, 0.29) is 0 Å². The van der Waals surface area contributed by atoms with E-state index in [2.05, 4.69) is 20.9 Å². The Bertz CT molecular complexity index is 707. The summed E-state index contributed by atoms with van der Waals surface area (Å²) in [6.45, 7) is 1.97. The molecule has 3 rings (SSSR count). The smallest absolute Gasteiger partial charge is 0.176 e. The summed E-state index contributed by atoms with van der Waals surface area (Å²) in [5.74, 6) is 0.485. The van der Waals surface area contributed by atoms with Gasteiger partial charge in [-0.15, -0.1) is 0 Å². The maximum atomic E-state index is 6.07. The maximum absolute atomic E-state index is 6.07. The second kappa shape index (κ2) is 4.87. The van der Waals surface area contributed by atoms with Crippen LogP contribution in [0.5, 0.6) is 0 Å². The molecule has 0 saturated carbocycles. The van der Waals surface area contributed by atoms with Gasteiger partial charge in [0.1, 0.15) is 11.5 Å². The molecule has 2 aromatic rings. The predicted molar refractivity (Wildman–Crippen MR) is 86.1 cm³/mol. The second-order valence-corrected chi connectivity index (χ2v) is 5.77. The van der Waals surface area contributed by atoms with Crippen LogP contribution in [0.1, 0.15) is 18.1 Å². The molecule has 20 heavy (non-hydrogen) atoms. The van der Waals surface area contributed by atoms with Gasteiger partial charge in [0.25, 0.3) is 0 Å². The molecule has 0 bridgehead atoms. The lowest BCUT2D eigenvalue weighted by Crippen LogP contribution is -2.21. The van der Waals surface area contributed by atoms with Gasteiger partial charge in [-0.1, -0.05) is 58.4 Å². The van der Waals surface area contributed by atoms with Crippen LogP contribution < -0.4 is 5.73 Å². The highest BCUT2D eigenvalue weighted by atomic mass is 79.9. The third-order valence-corrected chi connectivity index (χ3v) is 3.82. The minimum Gasteiger partial charge on any atom is -0.382 e. The van der Waals surface area contributed by atoms with E-state index in [1.165, 1.54) is 0 Å². The molecule has 100 valence electrons. The summed E-state index contributed by atoms with van der Waals surface area (Å²) < 4.78 is 1.01. The van der Waals surface area contributed by atoms with Gasteiger partial charge in [0.15, 0.2) is 5.66 Å². The molecule has 1 aliphatic rings. The summed E-state index contributed by atoms with van der Waals surface area (Å²) in [7, 11) is 0. The Hall–Kier alpha value is -1.94. The van der Waals surface area contributed by atoms with Crippen molar-refractivity contribution in [1.82, 2.24) is 0 Å². The zero-order chi connectivity index (χ0) is 14.2. The quantitative estimate of drug-likeness (QED) is 0.901. The van der Waals surface area contributed by atoms with Crippen LogP contribution in [-0.4, -0.2) is 11.5 Å². The minimum atomic E-state index is -0.654. The molecule has 2 N–H and O–H groups in total. The average molecular weight is 328 g/mol. The fourth-order valence-electron chi connectivity index (χ4n) is 2.31. The number of hydrogen-bond acceptors (Lipinski definition) is 3. The average Bonchev–Trinajstić information content (AvgIpc) is 2.77. The van der Waals surface area contributed by atoms with Gasteiger partial charge in [-0.05, 0) is 19.1 Å². The van der Waals surface area contributed by atoms with E-state index >= 15 is 0 Å². The number of halogens is 1. The molecule has 4 heteroatoms. The van der Waals surface area contributed by atoms with Crippen LogP contribution >= 0.6 is 15.9 Å². The third kappa shape index (κ3) is 2.27. The predicted octanol–water partition coefficient (Wildman–Crippen LogP) is 3.48. The standard InChI is InChI=1S/C16H14BrN3/c1-16(12-8-5-9-13(17)10-12)19-14(15(18)20-16)11-6-3-2-4-7-11/h2-10H,1H3,(H2,18,20). The number of nitrogens with zero attached hydrogens (tertiary/aromatic N) is 2. The zero-order valence-electron chi connectivity index (χ0n) is 11.0. The van der Waals surface area contributed by atoms with Crippen LogP contribution in [0.2, 0.25) is 0 Å². The normalized spacial score (nSPS) is 21.5. The van der Waals surface area contributed by atoms with Crippen molar-refractivity contribution in [1.29, 1.82) is 0 Å². The van der Waals surface area contributed by atoms with Crippen molar-refractivity contribution < 1.29 is 0 Å². The van der Waals surface area contributed by atoms with Crippen LogP contribution in [0.25, 0.3) is 0 Å². The van der Waals surface area contributed by atoms with Crippen LogP contribution in [0.4, 0.5) is 0 Å². The molecule has 0 spiro atoms. The van der Waals surface area contributed by atoms with E-state index in [1.54, 1.807) is 0 Å². The fourth-order valence-corrected chi connectivity index (χ4v) is 2.71. The fraction of sp³-hybridized carbons (Fsp3) is 0.125. The molecule has 3 nitrogen and oxygen atoms in total. The van der Waals surface area contributed by atoms with E-state index in [4.69, 9.17) is 10.7 Å². The molecule has 0 aliphatic carbocycles. The molecule has 1 heterocycles.